The molecule has 0 heterocycles. The summed E-state index contributed by atoms with van der Waals surface area (Å²) in [6, 6.07) is 15.4. The first kappa shape index (κ1) is 12.1. The van der Waals surface area contributed by atoms with Crippen molar-refractivity contribution in [1.82, 2.24) is 5.43 Å². The van der Waals surface area contributed by atoms with E-state index < -0.39 is 0 Å². The minimum Gasteiger partial charge on any atom is -0.271 e. The highest BCUT2D eigenvalue weighted by Gasteiger charge is 2.08. The predicted octanol–water partition coefficient (Wildman–Crippen LogP) is 3.01. The molecule has 0 radical (unpaired) electrons. The van der Waals surface area contributed by atoms with E-state index in [-0.39, 0.29) is 0 Å². The molecule has 2 heteroatoms. The zero-order chi connectivity index (χ0) is 12.1. The van der Waals surface area contributed by atoms with Gasteiger partial charge in [0.05, 0.1) is 0 Å². The van der Waals surface area contributed by atoms with E-state index in [1.54, 1.807) is 0 Å². The Morgan fingerprint density at radius 3 is 2.65 bits per heavy atom. The van der Waals surface area contributed by atoms with Crippen LogP contribution in [0.25, 0.3) is 10.8 Å². The van der Waals surface area contributed by atoms with Crippen LogP contribution in [0.3, 0.4) is 0 Å². The Kier molecular flexibility index (Phi) is 4.13. The van der Waals surface area contributed by atoms with Gasteiger partial charge < -0.3 is 0 Å². The molecule has 2 aromatic carbocycles. The number of hydrogen-bond acceptors (Lipinski definition) is 2. The lowest BCUT2D eigenvalue weighted by Gasteiger charge is -2.16. The van der Waals surface area contributed by atoms with Gasteiger partial charge in [0.15, 0.2) is 0 Å². The normalized spacial score (nSPS) is 12.8. The van der Waals surface area contributed by atoms with Crippen LogP contribution < -0.4 is 11.3 Å². The molecule has 17 heavy (non-hydrogen) atoms. The highest BCUT2D eigenvalue weighted by molar-refractivity contribution is 5.85. The van der Waals surface area contributed by atoms with Crippen LogP contribution in [-0.4, -0.2) is 6.04 Å². The van der Waals surface area contributed by atoms with E-state index in [9.17, 15) is 0 Å². The molecule has 0 saturated heterocycles. The van der Waals surface area contributed by atoms with E-state index in [1.165, 1.54) is 16.3 Å². The third-order valence-electron chi connectivity index (χ3n) is 3.22. The minimum absolute atomic E-state index is 0.366. The van der Waals surface area contributed by atoms with Gasteiger partial charge in [-0.25, -0.2) is 0 Å². The molecule has 0 saturated carbocycles. The van der Waals surface area contributed by atoms with Gasteiger partial charge in [-0.3, -0.25) is 11.3 Å². The van der Waals surface area contributed by atoms with E-state index >= 15 is 0 Å². The van der Waals surface area contributed by atoms with Gasteiger partial charge >= 0.3 is 0 Å². The molecule has 0 aromatic heterocycles. The molecule has 1 unspecified atom stereocenters. The molecule has 0 spiro atoms. The highest BCUT2D eigenvalue weighted by Crippen LogP contribution is 2.20. The molecule has 2 aromatic rings. The number of fused-ring (bicyclic) bond motifs is 1. The predicted molar refractivity (Wildman–Crippen MR) is 73.7 cm³/mol. The number of hydrazine groups is 1. The molecule has 90 valence electrons. The van der Waals surface area contributed by atoms with Crippen molar-refractivity contribution in [2.45, 2.75) is 32.2 Å². The van der Waals surface area contributed by atoms with E-state index in [0.29, 0.717) is 6.04 Å². The first-order valence-electron chi connectivity index (χ1n) is 6.28. The second kappa shape index (κ2) is 5.80. The van der Waals surface area contributed by atoms with Crippen LogP contribution >= 0.6 is 0 Å². The standard InChI is InChI=1S/C15H20N2/c1-2-6-14(17-16)11-13-9-5-8-12-7-3-4-10-15(12)13/h3-5,7-10,14,17H,2,6,11,16H2,1H3. The van der Waals surface area contributed by atoms with Gasteiger partial charge in [0.2, 0.25) is 0 Å². The average Bonchev–Trinajstić information content (AvgIpc) is 2.38. The summed E-state index contributed by atoms with van der Waals surface area (Å²) in [5, 5.41) is 2.64. The van der Waals surface area contributed by atoms with Crippen LogP contribution in [0.4, 0.5) is 0 Å². The van der Waals surface area contributed by atoms with E-state index in [2.05, 4.69) is 54.8 Å². The van der Waals surface area contributed by atoms with Gasteiger partial charge in [-0.1, -0.05) is 55.8 Å². The second-order valence-corrected chi connectivity index (χ2v) is 4.49. The maximum Gasteiger partial charge on any atom is 0.0251 e. The molecular weight excluding hydrogens is 208 g/mol. The Morgan fingerprint density at radius 2 is 1.88 bits per heavy atom. The van der Waals surface area contributed by atoms with Gasteiger partial charge in [0.1, 0.15) is 0 Å². The van der Waals surface area contributed by atoms with Gasteiger partial charge in [-0.05, 0) is 29.2 Å². The zero-order valence-corrected chi connectivity index (χ0v) is 10.3. The topological polar surface area (TPSA) is 38.0 Å². The van der Waals surface area contributed by atoms with E-state index in [4.69, 9.17) is 5.84 Å². The number of hydrogen-bond donors (Lipinski definition) is 2. The van der Waals surface area contributed by atoms with Crippen LogP contribution in [0, 0.1) is 0 Å². The Labute approximate surface area is 103 Å². The quantitative estimate of drug-likeness (QED) is 0.610. The molecule has 0 fully saturated rings. The Morgan fingerprint density at radius 1 is 1.12 bits per heavy atom. The number of nitrogens with one attached hydrogen (secondary N) is 1. The second-order valence-electron chi connectivity index (χ2n) is 4.49. The summed E-state index contributed by atoms with van der Waals surface area (Å²) in [7, 11) is 0. The summed E-state index contributed by atoms with van der Waals surface area (Å²) in [4.78, 5) is 0. The van der Waals surface area contributed by atoms with Crippen molar-refractivity contribution in [2.75, 3.05) is 0 Å². The third kappa shape index (κ3) is 2.84. The minimum atomic E-state index is 0.366. The van der Waals surface area contributed by atoms with Gasteiger partial charge in [-0.15, -0.1) is 0 Å². The summed E-state index contributed by atoms with van der Waals surface area (Å²) >= 11 is 0. The molecule has 0 amide bonds. The fourth-order valence-electron chi connectivity index (χ4n) is 2.33. The van der Waals surface area contributed by atoms with Crippen molar-refractivity contribution in [3.63, 3.8) is 0 Å². The third-order valence-corrected chi connectivity index (χ3v) is 3.22. The summed E-state index contributed by atoms with van der Waals surface area (Å²) in [6.45, 7) is 2.19. The molecule has 0 aliphatic rings. The summed E-state index contributed by atoms with van der Waals surface area (Å²) in [6.07, 6.45) is 3.26. The first-order valence-corrected chi connectivity index (χ1v) is 6.28. The number of rotatable bonds is 5. The molecule has 0 aliphatic carbocycles. The molecular formula is C15H20N2. The van der Waals surface area contributed by atoms with Crippen LogP contribution in [0.5, 0.6) is 0 Å². The van der Waals surface area contributed by atoms with E-state index in [1.807, 2.05) is 0 Å². The van der Waals surface area contributed by atoms with Crippen molar-refractivity contribution in [1.29, 1.82) is 0 Å². The average molecular weight is 228 g/mol. The summed E-state index contributed by atoms with van der Waals surface area (Å²) in [5.74, 6) is 5.60. The fourth-order valence-corrected chi connectivity index (χ4v) is 2.33. The first-order chi connectivity index (χ1) is 8.35. The van der Waals surface area contributed by atoms with Gasteiger partial charge in [0.25, 0.3) is 0 Å². The summed E-state index contributed by atoms with van der Waals surface area (Å²) < 4.78 is 0. The number of benzene rings is 2. The van der Waals surface area contributed by atoms with Crippen molar-refractivity contribution < 1.29 is 0 Å². The van der Waals surface area contributed by atoms with E-state index in [0.717, 1.165) is 19.3 Å². The Hall–Kier alpha value is -1.38. The zero-order valence-electron chi connectivity index (χ0n) is 10.3. The molecule has 0 aliphatic heterocycles. The smallest absolute Gasteiger partial charge is 0.0251 e. The molecule has 1 atom stereocenters. The lowest BCUT2D eigenvalue weighted by Crippen LogP contribution is -2.36. The lowest BCUT2D eigenvalue weighted by molar-refractivity contribution is 0.487. The molecule has 2 rings (SSSR count). The maximum atomic E-state index is 5.60. The van der Waals surface area contributed by atoms with Gasteiger partial charge in [0, 0.05) is 6.04 Å². The highest BCUT2D eigenvalue weighted by atomic mass is 15.2. The van der Waals surface area contributed by atoms with Gasteiger partial charge in [-0.2, -0.15) is 0 Å². The number of nitrogens with two attached hydrogens (primary N) is 1. The van der Waals surface area contributed by atoms with Crippen molar-refractivity contribution in [2.24, 2.45) is 5.84 Å². The van der Waals surface area contributed by atoms with Crippen LogP contribution in [-0.2, 0) is 6.42 Å². The molecule has 0 bridgehead atoms. The SMILES string of the molecule is CCCC(Cc1cccc2ccccc12)NN. The van der Waals surface area contributed by atoms with Crippen molar-refractivity contribution in [3.05, 3.63) is 48.0 Å². The van der Waals surface area contributed by atoms with Crippen molar-refractivity contribution >= 4 is 10.8 Å². The monoisotopic (exact) mass is 228 g/mol. The largest absolute Gasteiger partial charge is 0.271 e. The van der Waals surface area contributed by atoms with Crippen molar-refractivity contribution in [3.8, 4) is 0 Å². The van der Waals surface area contributed by atoms with Crippen LogP contribution in [0.15, 0.2) is 42.5 Å². The Bertz CT molecular complexity index is 474. The van der Waals surface area contributed by atoms with Crippen LogP contribution in [0.1, 0.15) is 25.3 Å². The molecule has 2 nitrogen and oxygen atoms in total. The Balaban J connectivity index is 2.28. The van der Waals surface area contributed by atoms with Crippen LogP contribution in [0.2, 0.25) is 0 Å². The molecule has 3 N–H and O–H groups in total. The lowest BCUT2D eigenvalue weighted by atomic mass is 9.97. The maximum absolute atomic E-state index is 5.60. The summed E-state index contributed by atoms with van der Waals surface area (Å²) in [5.41, 5.74) is 4.29. The fraction of sp³-hybridized carbons (Fsp3) is 0.333.